The summed E-state index contributed by atoms with van der Waals surface area (Å²) in [6.45, 7) is 0.162. The summed E-state index contributed by atoms with van der Waals surface area (Å²) in [4.78, 5) is 36.9. The minimum Gasteiger partial charge on any atom is -0.465 e. The van der Waals surface area contributed by atoms with Crippen LogP contribution in [0.15, 0.2) is 6.07 Å². The summed E-state index contributed by atoms with van der Waals surface area (Å²) in [6, 6.07) is 0.881. The summed E-state index contributed by atoms with van der Waals surface area (Å²) in [6.07, 6.45) is -3.98. The molecule has 0 unspecified atom stereocenters. The van der Waals surface area contributed by atoms with E-state index in [9.17, 15) is 23.2 Å². The lowest BCUT2D eigenvalue weighted by Crippen LogP contribution is -2.51. The van der Waals surface area contributed by atoms with Crippen molar-refractivity contribution in [2.45, 2.75) is 13.0 Å². The maximum atomic E-state index is 13.0. The Morgan fingerprint density at radius 3 is 2.33 bits per heavy atom. The molecule has 9 nitrogen and oxygen atoms in total. The second-order valence-electron chi connectivity index (χ2n) is 5.05. The lowest BCUT2D eigenvalue weighted by atomic mass is 10.3. The minimum atomic E-state index is -2.91. The Hall–Kier alpha value is -2.72. The van der Waals surface area contributed by atoms with E-state index >= 15 is 0 Å². The number of halogens is 2. The Morgan fingerprint density at radius 2 is 1.83 bits per heavy atom. The van der Waals surface area contributed by atoms with Crippen molar-refractivity contribution < 1.29 is 33.0 Å². The van der Waals surface area contributed by atoms with E-state index in [-0.39, 0.29) is 31.9 Å². The summed E-state index contributed by atoms with van der Waals surface area (Å²) in [5.41, 5.74) is -0.871. The number of aromatic nitrogens is 2. The van der Waals surface area contributed by atoms with Crippen LogP contribution in [0.4, 0.5) is 13.6 Å². The summed E-state index contributed by atoms with van der Waals surface area (Å²) in [5.74, 6) is -1.36. The molecular formula is C13H16F2N4O5. The number of ether oxygens (including phenoxy) is 1. The first-order chi connectivity index (χ1) is 11.3. The Kier molecular flexibility index (Phi) is 5.31. The molecule has 1 aromatic heterocycles. The van der Waals surface area contributed by atoms with Crippen LogP contribution in [0.25, 0.3) is 0 Å². The Morgan fingerprint density at radius 1 is 1.25 bits per heavy atom. The summed E-state index contributed by atoms with van der Waals surface area (Å²) in [5, 5.41) is 12.5. The number of hydrogen-bond acceptors (Lipinski definition) is 5. The molecule has 0 bridgehead atoms. The van der Waals surface area contributed by atoms with E-state index in [1.54, 1.807) is 0 Å². The molecule has 11 heteroatoms. The van der Waals surface area contributed by atoms with E-state index in [1.807, 2.05) is 0 Å². The van der Waals surface area contributed by atoms with E-state index in [0.717, 1.165) is 22.8 Å². The molecule has 1 aromatic rings. The molecule has 132 valence electrons. The molecule has 2 rings (SSSR count). The van der Waals surface area contributed by atoms with Gasteiger partial charge in [0.25, 0.3) is 6.43 Å². The van der Waals surface area contributed by atoms with Gasteiger partial charge >= 0.3 is 12.1 Å². The highest BCUT2D eigenvalue weighted by Crippen LogP contribution is 2.20. The molecule has 1 fully saturated rings. The van der Waals surface area contributed by atoms with E-state index in [4.69, 9.17) is 5.11 Å². The maximum Gasteiger partial charge on any atom is 0.407 e. The molecule has 1 aliphatic heterocycles. The van der Waals surface area contributed by atoms with Crippen molar-refractivity contribution in [2.24, 2.45) is 0 Å². The van der Waals surface area contributed by atoms with Crippen LogP contribution >= 0.6 is 0 Å². The number of piperazine rings is 1. The average Bonchev–Trinajstić information content (AvgIpc) is 2.98. The predicted octanol–water partition coefficient (Wildman–Crippen LogP) is 0.430. The van der Waals surface area contributed by atoms with Gasteiger partial charge in [-0.2, -0.15) is 5.10 Å². The van der Waals surface area contributed by atoms with Gasteiger partial charge in [-0.25, -0.2) is 18.4 Å². The van der Waals surface area contributed by atoms with Crippen LogP contribution in [0.5, 0.6) is 0 Å². The zero-order chi connectivity index (χ0) is 17.9. The van der Waals surface area contributed by atoms with Crippen molar-refractivity contribution in [3.63, 3.8) is 0 Å². The lowest BCUT2D eigenvalue weighted by molar-refractivity contribution is -0.133. The summed E-state index contributed by atoms with van der Waals surface area (Å²) < 4.78 is 31.3. The van der Waals surface area contributed by atoms with E-state index in [2.05, 4.69) is 9.84 Å². The number of alkyl halides is 2. The molecular weight excluding hydrogens is 330 g/mol. The van der Waals surface area contributed by atoms with Crippen LogP contribution in [0, 0.1) is 0 Å². The van der Waals surface area contributed by atoms with Crippen LogP contribution in [0.3, 0.4) is 0 Å². The van der Waals surface area contributed by atoms with Crippen LogP contribution in [0.1, 0.15) is 22.6 Å². The third-order valence-electron chi connectivity index (χ3n) is 3.62. The fourth-order valence-electron chi connectivity index (χ4n) is 2.31. The molecule has 1 aliphatic rings. The number of carbonyl (C=O) groups is 3. The van der Waals surface area contributed by atoms with Gasteiger partial charge in [-0.3, -0.25) is 9.48 Å². The number of nitrogens with zero attached hydrogens (tertiary/aromatic N) is 4. The number of methoxy groups -OCH3 is 1. The van der Waals surface area contributed by atoms with E-state index < -0.39 is 36.6 Å². The zero-order valence-corrected chi connectivity index (χ0v) is 12.8. The Labute approximate surface area is 135 Å². The standard InChI is InChI=1S/C13H16F2N4O5/c1-24-12(21)8-6-9(11(14)15)19(16-8)7-10(20)17-2-4-18(5-3-17)13(22)23/h6,11H,2-5,7H2,1H3,(H,22,23). The van der Waals surface area contributed by atoms with Crippen LogP contribution in [-0.4, -0.2) is 75.9 Å². The average molecular weight is 346 g/mol. The van der Waals surface area contributed by atoms with Gasteiger partial charge in [-0.1, -0.05) is 0 Å². The van der Waals surface area contributed by atoms with Crippen molar-refractivity contribution in [2.75, 3.05) is 33.3 Å². The van der Waals surface area contributed by atoms with Crippen molar-refractivity contribution in [1.82, 2.24) is 19.6 Å². The molecule has 0 atom stereocenters. The van der Waals surface area contributed by atoms with Crippen molar-refractivity contribution in [1.29, 1.82) is 0 Å². The quantitative estimate of drug-likeness (QED) is 0.793. The number of amides is 2. The van der Waals surface area contributed by atoms with Gasteiger partial charge in [0, 0.05) is 32.2 Å². The fraction of sp³-hybridized carbons (Fsp3) is 0.538. The molecule has 0 saturated carbocycles. The van der Waals surface area contributed by atoms with Crippen molar-refractivity contribution in [3.8, 4) is 0 Å². The lowest BCUT2D eigenvalue weighted by Gasteiger charge is -2.33. The summed E-state index contributed by atoms with van der Waals surface area (Å²) >= 11 is 0. The second-order valence-corrected chi connectivity index (χ2v) is 5.05. The van der Waals surface area contributed by atoms with Crippen LogP contribution in [-0.2, 0) is 16.1 Å². The molecule has 0 radical (unpaired) electrons. The minimum absolute atomic E-state index is 0.148. The first-order valence-corrected chi connectivity index (χ1v) is 7.03. The van der Waals surface area contributed by atoms with Gasteiger partial charge in [0.05, 0.1) is 7.11 Å². The smallest absolute Gasteiger partial charge is 0.407 e. The van der Waals surface area contributed by atoms with E-state index in [0.29, 0.717) is 0 Å². The Bertz CT molecular complexity index is 640. The molecule has 0 aromatic carbocycles. The van der Waals surface area contributed by atoms with Crippen molar-refractivity contribution in [3.05, 3.63) is 17.5 Å². The number of carboxylic acid groups (broad SMARTS) is 1. The van der Waals surface area contributed by atoms with Crippen LogP contribution < -0.4 is 0 Å². The van der Waals surface area contributed by atoms with E-state index in [1.165, 1.54) is 4.90 Å². The summed E-state index contributed by atoms with van der Waals surface area (Å²) in [7, 11) is 1.09. The largest absolute Gasteiger partial charge is 0.465 e. The van der Waals surface area contributed by atoms with Crippen molar-refractivity contribution >= 4 is 18.0 Å². The third kappa shape index (κ3) is 3.78. The third-order valence-corrected chi connectivity index (χ3v) is 3.62. The number of carbonyl (C=O) groups excluding carboxylic acids is 2. The predicted molar refractivity (Wildman–Crippen MR) is 74.7 cm³/mol. The van der Waals surface area contributed by atoms with Gasteiger partial charge in [0.2, 0.25) is 5.91 Å². The number of esters is 1. The second kappa shape index (κ2) is 7.23. The first kappa shape index (κ1) is 17.6. The van der Waals surface area contributed by atoms with Gasteiger partial charge in [-0.15, -0.1) is 0 Å². The van der Waals surface area contributed by atoms with Gasteiger partial charge < -0.3 is 19.6 Å². The normalized spacial score (nSPS) is 14.8. The molecule has 0 aliphatic carbocycles. The maximum absolute atomic E-state index is 13.0. The molecule has 24 heavy (non-hydrogen) atoms. The van der Waals surface area contributed by atoms with Crippen LogP contribution in [0.2, 0.25) is 0 Å². The molecule has 2 amide bonds. The van der Waals surface area contributed by atoms with Gasteiger partial charge in [0.15, 0.2) is 5.69 Å². The molecule has 1 saturated heterocycles. The molecule has 2 heterocycles. The van der Waals surface area contributed by atoms with Gasteiger partial charge in [0.1, 0.15) is 12.2 Å². The number of rotatable bonds is 4. The highest BCUT2D eigenvalue weighted by Gasteiger charge is 2.26. The Balaban J connectivity index is 2.07. The highest BCUT2D eigenvalue weighted by atomic mass is 19.3. The SMILES string of the molecule is COC(=O)c1cc(C(F)F)n(CC(=O)N2CCN(C(=O)O)CC2)n1. The highest BCUT2D eigenvalue weighted by molar-refractivity contribution is 5.87. The topological polar surface area (TPSA) is 105 Å². The fourth-order valence-corrected chi connectivity index (χ4v) is 2.31. The molecule has 1 N–H and O–H groups in total. The monoisotopic (exact) mass is 346 g/mol. The number of hydrogen-bond donors (Lipinski definition) is 1. The zero-order valence-electron chi connectivity index (χ0n) is 12.8. The molecule has 0 spiro atoms. The first-order valence-electron chi connectivity index (χ1n) is 7.03. The van der Waals surface area contributed by atoms with Gasteiger partial charge in [-0.05, 0) is 0 Å².